The molecule has 2 amide bonds. The zero-order valence-corrected chi connectivity index (χ0v) is 19.1. The lowest BCUT2D eigenvalue weighted by molar-refractivity contribution is -0.116. The van der Waals surface area contributed by atoms with E-state index < -0.39 is 0 Å². The number of aryl methyl sites for hydroxylation is 1. The summed E-state index contributed by atoms with van der Waals surface area (Å²) in [5, 5.41) is 8.46. The molecule has 4 rings (SSSR count). The van der Waals surface area contributed by atoms with Gasteiger partial charge in [0.2, 0.25) is 5.91 Å². The fourth-order valence-corrected chi connectivity index (χ4v) is 5.04. The van der Waals surface area contributed by atoms with Gasteiger partial charge in [0.15, 0.2) is 0 Å². The van der Waals surface area contributed by atoms with Crippen LogP contribution in [0, 0.1) is 6.92 Å². The van der Waals surface area contributed by atoms with Gasteiger partial charge in [-0.3, -0.25) is 9.59 Å². The average molecular weight is 451 g/mol. The van der Waals surface area contributed by atoms with Crippen LogP contribution in [0.5, 0.6) is 0 Å². The molecule has 0 fully saturated rings. The van der Waals surface area contributed by atoms with Gasteiger partial charge in [0.1, 0.15) is 4.83 Å². The van der Waals surface area contributed by atoms with Crippen molar-refractivity contribution >= 4 is 50.8 Å². The number of benzene rings is 2. The van der Waals surface area contributed by atoms with Crippen LogP contribution < -0.4 is 5.32 Å². The van der Waals surface area contributed by atoms with E-state index in [9.17, 15) is 9.59 Å². The van der Waals surface area contributed by atoms with Crippen molar-refractivity contribution in [2.24, 2.45) is 0 Å². The first kappa shape index (κ1) is 21.1. The van der Waals surface area contributed by atoms with Gasteiger partial charge in [0.25, 0.3) is 5.91 Å². The van der Waals surface area contributed by atoms with Crippen LogP contribution in [0.1, 0.15) is 15.4 Å². The van der Waals surface area contributed by atoms with Crippen LogP contribution in [-0.2, 0) is 4.79 Å². The molecule has 0 atom stereocenters. The molecule has 0 aliphatic carbocycles. The molecule has 4 aromatic rings. The maximum Gasteiger partial charge on any atom is 0.264 e. The Morgan fingerprint density at radius 1 is 1.13 bits per heavy atom. The zero-order valence-electron chi connectivity index (χ0n) is 17.5. The Hall–Kier alpha value is -3.10. The van der Waals surface area contributed by atoms with Crippen molar-refractivity contribution in [3.63, 3.8) is 0 Å². The Bertz CT molecular complexity index is 1250. The van der Waals surface area contributed by atoms with E-state index in [4.69, 9.17) is 0 Å². The third kappa shape index (κ3) is 4.35. The highest BCUT2D eigenvalue weighted by atomic mass is 32.2. The van der Waals surface area contributed by atoms with Crippen molar-refractivity contribution < 1.29 is 9.59 Å². The fourth-order valence-electron chi connectivity index (χ4n) is 3.31. The molecule has 0 bridgehead atoms. The molecule has 0 aliphatic heterocycles. The summed E-state index contributed by atoms with van der Waals surface area (Å²) in [4.78, 5) is 29.4. The third-order valence-electron chi connectivity index (χ3n) is 4.86. The lowest BCUT2D eigenvalue weighted by Gasteiger charge is -2.16. The monoisotopic (exact) mass is 450 g/mol. The number of thioether (sulfide) groups is 1. The first-order chi connectivity index (χ1) is 15.0. The topological polar surface area (TPSA) is 67.2 Å². The van der Waals surface area contributed by atoms with Crippen molar-refractivity contribution in [1.29, 1.82) is 0 Å². The van der Waals surface area contributed by atoms with Crippen LogP contribution in [0.4, 0.5) is 5.69 Å². The quantitative estimate of drug-likeness (QED) is 0.427. The van der Waals surface area contributed by atoms with Gasteiger partial charge < -0.3 is 10.2 Å². The second-order valence-corrected chi connectivity index (χ2v) is 8.95. The Kier molecular flexibility index (Phi) is 6.11. The highest BCUT2D eigenvalue weighted by Crippen LogP contribution is 2.31. The number of likely N-dealkylation sites (N-methyl/N-ethyl adjacent to an activating group) is 1. The van der Waals surface area contributed by atoms with Crippen molar-refractivity contribution in [3.8, 4) is 5.69 Å². The smallest absolute Gasteiger partial charge is 0.264 e. The molecule has 0 aliphatic rings. The van der Waals surface area contributed by atoms with Crippen LogP contribution >= 0.6 is 23.1 Å². The Labute approximate surface area is 188 Å². The molecule has 158 valence electrons. The van der Waals surface area contributed by atoms with Crippen LogP contribution in [0.25, 0.3) is 15.9 Å². The second kappa shape index (κ2) is 8.95. The van der Waals surface area contributed by atoms with E-state index in [1.807, 2.05) is 78.5 Å². The number of rotatable bonds is 6. The molecular weight excluding hydrogens is 428 g/mol. The van der Waals surface area contributed by atoms with E-state index in [0.717, 1.165) is 32.2 Å². The predicted octanol–water partition coefficient (Wildman–Crippen LogP) is 4.83. The molecule has 0 unspecified atom stereocenters. The summed E-state index contributed by atoms with van der Waals surface area (Å²) in [5.74, 6) is -0.418. The van der Waals surface area contributed by atoms with Crippen LogP contribution in [0.15, 0.2) is 65.6 Å². The average Bonchev–Trinajstić information content (AvgIpc) is 3.34. The first-order valence-electron chi connectivity index (χ1n) is 9.71. The van der Waals surface area contributed by atoms with Crippen molar-refractivity contribution in [3.05, 3.63) is 71.2 Å². The van der Waals surface area contributed by atoms with Crippen molar-refractivity contribution in [1.82, 2.24) is 14.7 Å². The summed E-state index contributed by atoms with van der Waals surface area (Å²) in [7, 11) is 1.64. The van der Waals surface area contributed by atoms with Gasteiger partial charge in [-0.25, -0.2) is 4.68 Å². The Morgan fingerprint density at radius 2 is 1.84 bits per heavy atom. The second-order valence-electron chi connectivity index (χ2n) is 7.07. The molecule has 31 heavy (non-hydrogen) atoms. The van der Waals surface area contributed by atoms with Gasteiger partial charge in [-0.2, -0.15) is 5.10 Å². The minimum absolute atomic E-state index is 0.0282. The van der Waals surface area contributed by atoms with E-state index in [-0.39, 0.29) is 18.4 Å². The van der Waals surface area contributed by atoms with E-state index >= 15 is 0 Å². The summed E-state index contributed by atoms with van der Waals surface area (Å²) in [6.07, 6.45) is 1.96. The highest BCUT2D eigenvalue weighted by molar-refractivity contribution is 7.98. The largest absolute Gasteiger partial charge is 0.332 e. The minimum Gasteiger partial charge on any atom is -0.332 e. The number of hydrogen-bond donors (Lipinski definition) is 1. The molecule has 0 saturated carbocycles. The van der Waals surface area contributed by atoms with Gasteiger partial charge in [-0.05, 0) is 43.5 Å². The molecule has 0 saturated heterocycles. The highest BCUT2D eigenvalue weighted by Gasteiger charge is 2.21. The van der Waals surface area contributed by atoms with Gasteiger partial charge >= 0.3 is 0 Å². The number of carbonyl (C=O) groups excluding carboxylic acids is 2. The number of nitrogens with zero attached hydrogens (tertiary/aromatic N) is 3. The third-order valence-corrected chi connectivity index (χ3v) is 6.76. The molecule has 2 aromatic heterocycles. The van der Waals surface area contributed by atoms with Crippen LogP contribution in [0.3, 0.4) is 0 Å². The predicted molar refractivity (Wildman–Crippen MR) is 127 cm³/mol. The van der Waals surface area contributed by atoms with Gasteiger partial charge in [0, 0.05) is 17.3 Å². The number of anilines is 1. The molecule has 2 aromatic carbocycles. The van der Waals surface area contributed by atoms with Crippen molar-refractivity contribution in [2.45, 2.75) is 11.8 Å². The maximum atomic E-state index is 13.0. The number of aromatic nitrogens is 2. The van der Waals surface area contributed by atoms with E-state index in [0.29, 0.717) is 4.88 Å². The summed E-state index contributed by atoms with van der Waals surface area (Å²) in [6, 6.07) is 19.3. The summed E-state index contributed by atoms with van der Waals surface area (Å²) in [5.41, 5.74) is 2.56. The Balaban J connectivity index is 1.52. The van der Waals surface area contributed by atoms with E-state index in [1.54, 1.807) is 18.8 Å². The lowest BCUT2D eigenvalue weighted by Crippen LogP contribution is -2.34. The zero-order chi connectivity index (χ0) is 22.0. The maximum absolute atomic E-state index is 13.0. The number of carbonyl (C=O) groups is 2. The van der Waals surface area contributed by atoms with Gasteiger partial charge in [-0.1, -0.05) is 30.3 Å². The van der Waals surface area contributed by atoms with Crippen LogP contribution in [0.2, 0.25) is 0 Å². The van der Waals surface area contributed by atoms with E-state index in [1.165, 1.54) is 16.2 Å². The number of para-hydroxylation sites is 2. The van der Waals surface area contributed by atoms with Gasteiger partial charge in [0.05, 0.1) is 28.5 Å². The summed E-state index contributed by atoms with van der Waals surface area (Å²) in [6.45, 7) is 1.91. The number of nitrogens with one attached hydrogen (secondary N) is 1. The van der Waals surface area contributed by atoms with Crippen LogP contribution in [-0.4, -0.2) is 46.3 Å². The molecular formula is C23H22N4O2S2. The van der Waals surface area contributed by atoms with Gasteiger partial charge in [-0.15, -0.1) is 23.1 Å². The molecule has 0 radical (unpaired) electrons. The first-order valence-corrected chi connectivity index (χ1v) is 11.7. The fraction of sp³-hybridized carbons (Fsp3) is 0.174. The molecule has 8 heteroatoms. The molecule has 6 nitrogen and oxygen atoms in total. The summed E-state index contributed by atoms with van der Waals surface area (Å²) < 4.78 is 1.86. The molecule has 0 spiro atoms. The molecule has 2 heterocycles. The SMILES string of the molecule is CSc1ccccc1NC(=O)CN(C)C(=O)c1cc2c(C)nn(-c3ccccc3)c2s1. The minimum atomic E-state index is -0.231. The number of hydrogen-bond acceptors (Lipinski definition) is 5. The van der Waals surface area contributed by atoms with Crippen molar-refractivity contribution in [2.75, 3.05) is 25.2 Å². The Morgan fingerprint density at radius 3 is 2.58 bits per heavy atom. The lowest BCUT2D eigenvalue weighted by atomic mass is 10.3. The normalized spacial score (nSPS) is 10.9. The number of fused-ring (bicyclic) bond motifs is 1. The summed E-state index contributed by atoms with van der Waals surface area (Å²) >= 11 is 2.95. The van der Waals surface area contributed by atoms with E-state index in [2.05, 4.69) is 10.4 Å². The number of thiophene rings is 1. The standard InChI is InChI=1S/C23H22N4O2S2/c1-15-17-13-20(31-23(17)27(25-15)16-9-5-4-6-10-16)22(29)26(2)14-21(28)24-18-11-7-8-12-19(18)30-3/h4-13H,14H2,1-3H3,(H,24,28). The molecule has 1 N–H and O–H groups in total. The number of amides is 2.